The molecule has 1 amide bonds. The van der Waals surface area contributed by atoms with Gasteiger partial charge in [-0.3, -0.25) is 9.69 Å². The molecule has 0 saturated carbocycles. The summed E-state index contributed by atoms with van der Waals surface area (Å²) in [6, 6.07) is 13.9. The number of thioether (sulfide) groups is 1. The molecule has 1 atom stereocenters. The van der Waals surface area contributed by atoms with Crippen LogP contribution >= 0.6 is 23.1 Å². The van der Waals surface area contributed by atoms with Gasteiger partial charge in [0, 0.05) is 17.1 Å². The molecule has 3 aromatic rings. The monoisotopic (exact) mass is 398 g/mol. The maximum absolute atomic E-state index is 13.3. The van der Waals surface area contributed by atoms with E-state index < -0.39 is 0 Å². The van der Waals surface area contributed by atoms with Crippen LogP contribution in [0.25, 0.3) is 10.2 Å². The summed E-state index contributed by atoms with van der Waals surface area (Å²) in [5.41, 5.74) is 2.80. The summed E-state index contributed by atoms with van der Waals surface area (Å²) in [7, 11) is 0. The van der Waals surface area contributed by atoms with E-state index in [0.717, 1.165) is 45.3 Å². The maximum atomic E-state index is 13.3. The summed E-state index contributed by atoms with van der Waals surface area (Å²) in [5, 5.41) is 0.743. The lowest BCUT2D eigenvalue weighted by Crippen LogP contribution is -2.37. The van der Waals surface area contributed by atoms with E-state index in [4.69, 9.17) is 9.72 Å². The van der Waals surface area contributed by atoms with Crippen LogP contribution in [-0.4, -0.2) is 36.4 Å². The van der Waals surface area contributed by atoms with Crippen molar-refractivity contribution in [3.8, 4) is 0 Å². The smallest absolute Gasteiger partial charge is 0.260 e. The van der Waals surface area contributed by atoms with Gasteiger partial charge in [-0.25, -0.2) is 4.98 Å². The fraction of sp³-hybridized carbons (Fsp3) is 0.333. The third kappa shape index (κ3) is 3.88. The number of amides is 1. The number of benzene rings is 2. The van der Waals surface area contributed by atoms with E-state index in [-0.39, 0.29) is 12.0 Å². The normalized spacial score (nSPS) is 16.7. The van der Waals surface area contributed by atoms with Crippen molar-refractivity contribution in [2.45, 2.75) is 30.8 Å². The van der Waals surface area contributed by atoms with Gasteiger partial charge in [-0.2, -0.15) is 0 Å². The summed E-state index contributed by atoms with van der Waals surface area (Å²) >= 11 is 3.25. The van der Waals surface area contributed by atoms with Crippen LogP contribution < -0.4 is 4.90 Å². The molecular formula is C21H22N2O2S2. The molecule has 0 aliphatic carbocycles. The lowest BCUT2D eigenvalue weighted by molar-refractivity contribution is 0.0917. The van der Waals surface area contributed by atoms with Gasteiger partial charge in [0.2, 0.25) is 0 Å². The molecule has 27 heavy (non-hydrogen) atoms. The first-order chi connectivity index (χ1) is 13.2. The minimum absolute atomic E-state index is 0.0183. The zero-order valence-corrected chi connectivity index (χ0v) is 17.1. The number of carbonyl (C=O) groups is 1. The molecule has 6 heteroatoms. The summed E-state index contributed by atoms with van der Waals surface area (Å²) in [6.07, 6.45) is 4.16. The second kappa shape index (κ2) is 8.00. The second-order valence-electron chi connectivity index (χ2n) is 6.72. The Morgan fingerprint density at radius 1 is 1.30 bits per heavy atom. The number of aromatic nitrogens is 1. The van der Waals surface area contributed by atoms with Crippen LogP contribution in [0.5, 0.6) is 0 Å². The number of para-hydroxylation sites is 1. The highest BCUT2D eigenvalue weighted by Gasteiger charge is 2.27. The Morgan fingerprint density at radius 3 is 2.81 bits per heavy atom. The van der Waals surface area contributed by atoms with E-state index in [2.05, 4.69) is 18.4 Å². The molecule has 0 bridgehead atoms. The molecule has 1 unspecified atom stereocenters. The summed E-state index contributed by atoms with van der Waals surface area (Å²) < 4.78 is 6.91. The first-order valence-electron chi connectivity index (χ1n) is 9.09. The highest BCUT2D eigenvalue weighted by atomic mass is 32.2. The number of ether oxygens (including phenoxy) is 1. The van der Waals surface area contributed by atoms with Crippen LogP contribution in [0.1, 0.15) is 28.8 Å². The topological polar surface area (TPSA) is 42.4 Å². The van der Waals surface area contributed by atoms with E-state index in [1.165, 1.54) is 0 Å². The van der Waals surface area contributed by atoms with Crippen molar-refractivity contribution in [3.63, 3.8) is 0 Å². The minimum Gasteiger partial charge on any atom is -0.376 e. The predicted molar refractivity (Wildman–Crippen MR) is 113 cm³/mol. The van der Waals surface area contributed by atoms with Crippen LogP contribution in [0.3, 0.4) is 0 Å². The summed E-state index contributed by atoms with van der Waals surface area (Å²) in [6.45, 7) is 3.34. The number of hydrogen-bond acceptors (Lipinski definition) is 5. The van der Waals surface area contributed by atoms with Gasteiger partial charge in [0.05, 0.1) is 22.9 Å². The number of aryl methyl sites for hydroxylation is 1. The average molecular weight is 399 g/mol. The quantitative estimate of drug-likeness (QED) is 0.557. The Kier molecular flexibility index (Phi) is 5.48. The number of fused-ring (bicyclic) bond motifs is 1. The molecule has 1 saturated heterocycles. The third-order valence-electron chi connectivity index (χ3n) is 4.78. The number of anilines is 1. The van der Waals surface area contributed by atoms with E-state index in [0.29, 0.717) is 12.1 Å². The molecule has 4 nitrogen and oxygen atoms in total. The molecule has 1 fully saturated rings. The van der Waals surface area contributed by atoms with Crippen molar-refractivity contribution in [2.24, 2.45) is 0 Å². The lowest BCUT2D eigenvalue weighted by atomic mass is 10.1. The lowest BCUT2D eigenvalue weighted by Gasteiger charge is -2.23. The standard InChI is InChI=1S/C21H22N2O2S2/c1-14-8-10-15(11-9-14)20(24)23(13-16-5-4-12-25-16)21-22-19-17(26-2)6-3-7-18(19)27-21/h3,6-11,16H,4-5,12-13H2,1-2H3. The van der Waals surface area contributed by atoms with E-state index in [9.17, 15) is 4.79 Å². The average Bonchev–Trinajstić information content (AvgIpc) is 3.35. The zero-order valence-electron chi connectivity index (χ0n) is 15.5. The first-order valence-corrected chi connectivity index (χ1v) is 11.1. The predicted octanol–water partition coefficient (Wildman–Crippen LogP) is 5.15. The zero-order chi connectivity index (χ0) is 18.8. The van der Waals surface area contributed by atoms with Gasteiger partial charge < -0.3 is 4.74 Å². The number of nitrogens with zero attached hydrogens (tertiary/aromatic N) is 2. The fourth-order valence-electron chi connectivity index (χ4n) is 3.28. The Labute approximate surface area is 167 Å². The van der Waals surface area contributed by atoms with Gasteiger partial charge in [0.25, 0.3) is 5.91 Å². The summed E-state index contributed by atoms with van der Waals surface area (Å²) in [4.78, 5) is 21.1. The molecule has 0 spiro atoms. The Morgan fingerprint density at radius 2 is 2.11 bits per heavy atom. The second-order valence-corrected chi connectivity index (χ2v) is 8.58. The SMILES string of the molecule is CSc1cccc2sc(N(CC3CCCO3)C(=O)c3ccc(C)cc3)nc12. The van der Waals surface area contributed by atoms with Crippen molar-refractivity contribution in [3.05, 3.63) is 53.6 Å². The van der Waals surface area contributed by atoms with E-state index >= 15 is 0 Å². The first kappa shape index (κ1) is 18.5. The summed E-state index contributed by atoms with van der Waals surface area (Å²) in [5.74, 6) is -0.0183. The molecule has 140 valence electrons. The molecule has 1 aromatic heterocycles. The van der Waals surface area contributed by atoms with Crippen LogP contribution in [0.15, 0.2) is 47.4 Å². The minimum atomic E-state index is -0.0183. The van der Waals surface area contributed by atoms with Crippen molar-refractivity contribution in [1.82, 2.24) is 4.98 Å². The van der Waals surface area contributed by atoms with Gasteiger partial charge in [-0.1, -0.05) is 35.1 Å². The fourth-order valence-corrected chi connectivity index (χ4v) is 4.91. The Hall–Kier alpha value is -1.89. The molecule has 0 N–H and O–H groups in total. The van der Waals surface area contributed by atoms with Crippen LogP contribution in [0.4, 0.5) is 5.13 Å². The van der Waals surface area contributed by atoms with Gasteiger partial charge in [-0.15, -0.1) is 11.8 Å². The maximum Gasteiger partial charge on any atom is 0.260 e. The Bertz CT molecular complexity index is 946. The number of hydrogen-bond donors (Lipinski definition) is 0. The van der Waals surface area contributed by atoms with Crippen LogP contribution in [0.2, 0.25) is 0 Å². The van der Waals surface area contributed by atoms with Gasteiger partial charge in [0.1, 0.15) is 0 Å². The largest absolute Gasteiger partial charge is 0.376 e. The molecule has 0 radical (unpaired) electrons. The highest BCUT2D eigenvalue weighted by Crippen LogP contribution is 2.35. The molecule has 2 aromatic carbocycles. The van der Waals surface area contributed by atoms with Crippen molar-refractivity contribution in [1.29, 1.82) is 0 Å². The highest BCUT2D eigenvalue weighted by molar-refractivity contribution is 7.98. The molecule has 2 heterocycles. The third-order valence-corrected chi connectivity index (χ3v) is 6.59. The number of carbonyl (C=O) groups excluding carboxylic acids is 1. The number of rotatable bonds is 5. The van der Waals surface area contributed by atoms with Crippen LogP contribution in [0, 0.1) is 6.92 Å². The van der Waals surface area contributed by atoms with Gasteiger partial charge in [0.15, 0.2) is 5.13 Å². The van der Waals surface area contributed by atoms with Crippen molar-refractivity contribution < 1.29 is 9.53 Å². The molecular weight excluding hydrogens is 376 g/mol. The van der Waals surface area contributed by atoms with Gasteiger partial charge in [-0.05, 0) is 50.3 Å². The van der Waals surface area contributed by atoms with E-state index in [1.807, 2.05) is 37.3 Å². The van der Waals surface area contributed by atoms with Crippen molar-refractivity contribution in [2.75, 3.05) is 24.3 Å². The van der Waals surface area contributed by atoms with Crippen molar-refractivity contribution >= 4 is 44.4 Å². The van der Waals surface area contributed by atoms with E-state index in [1.54, 1.807) is 28.0 Å². The Balaban J connectivity index is 1.73. The molecule has 1 aliphatic heterocycles. The molecule has 4 rings (SSSR count). The van der Waals surface area contributed by atoms with Gasteiger partial charge >= 0.3 is 0 Å². The molecule has 1 aliphatic rings. The van der Waals surface area contributed by atoms with Crippen LogP contribution in [-0.2, 0) is 4.74 Å². The number of thiazole rings is 1.